The number of aromatic nitrogens is 3. The monoisotopic (exact) mass is 359 g/mol. The van der Waals surface area contributed by atoms with Gasteiger partial charge in [-0.1, -0.05) is 35.9 Å². The van der Waals surface area contributed by atoms with Gasteiger partial charge in [-0.15, -0.1) is 5.10 Å². The van der Waals surface area contributed by atoms with E-state index in [1.165, 1.54) is 18.2 Å². The summed E-state index contributed by atoms with van der Waals surface area (Å²) in [5.41, 5.74) is 0.675. The first kappa shape index (κ1) is 17.1. The molecular formula is C18H15ClFN3O2. The molecule has 0 aliphatic heterocycles. The fraction of sp³-hybridized carbons (Fsp3) is 0.167. The number of nitrogens with zero attached hydrogens (tertiary/aromatic N) is 3. The summed E-state index contributed by atoms with van der Waals surface area (Å²) < 4.78 is 20.2. The summed E-state index contributed by atoms with van der Waals surface area (Å²) in [6, 6.07) is 12.4. The van der Waals surface area contributed by atoms with Gasteiger partial charge in [0.25, 0.3) is 5.91 Å². The number of carbonyl (C=O) groups excluding carboxylic acids is 1. The van der Waals surface area contributed by atoms with Gasteiger partial charge in [-0.05, 0) is 38.1 Å². The second-order valence-electron chi connectivity index (χ2n) is 5.59. The van der Waals surface area contributed by atoms with Crippen molar-refractivity contribution in [3.8, 4) is 17.4 Å². The first-order valence-corrected chi connectivity index (χ1v) is 8.02. The molecule has 0 fully saturated rings. The molecule has 0 unspecified atom stereocenters. The van der Waals surface area contributed by atoms with Crippen molar-refractivity contribution in [1.82, 2.24) is 14.8 Å². The van der Waals surface area contributed by atoms with Crippen LogP contribution < -0.4 is 4.74 Å². The maximum Gasteiger partial charge on any atom is 0.336 e. The SMILES string of the molecule is CC(C)Oc1nc(-c2cccc(F)c2)n(C(=O)c2ccccc2Cl)n1. The number of benzene rings is 2. The van der Waals surface area contributed by atoms with Crippen LogP contribution in [0.5, 0.6) is 6.01 Å². The van der Waals surface area contributed by atoms with E-state index in [0.29, 0.717) is 10.6 Å². The maximum absolute atomic E-state index is 13.6. The van der Waals surface area contributed by atoms with Gasteiger partial charge < -0.3 is 4.74 Å². The van der Waals surface area contributed by atoms with Gasteiger partial charge in [-0.25, -0.2) is 4.39 Å². The fourth-order valence-corrected chi connectivity index (χ4v) is 2.48. The molecule has 25 heavy (non-hydrogen) atoms. The predicted molar refractivity (Wildman–Crippen MR) is 92.4 cm³/mol. The van der Waals surface area contributed by atoms with Crippen molar-refractivity contribution in [2.24, 2.45) is 0 Å². The lowest BCUT2D eigenvalue weighted by Crippen LogP contribution is -2.16. The van der Waals surface area contributed by atoms with E-state index in [9.17, 15) is 9.18 Å². The van der Waals surface area contributed by atoms with Gasteiger partial charge >= 0.3 is 6.01 Å². The molecule has 0 aliphatic rings. The Bertz CT molecular complexity index is 924. The van der Waals surface area contributed by atoms with E-state index in [-0.39, 0.29) is 23.5 Å². The molecule has 0 saturated carbocycles. The van der Waals surface area contributed by atoms with Crippen LogP contribution in [-0.4, -0.2) is 26.8 Å². The Morgan fingerprint density at radius 2 is 1.96 bits per heavy atom. The van der Waals surface area contributed by atoms with Crippen molar-refractivity contribution in [2.75, 3.05) is 0 Å². The first-order valence-electron chi connectivity index (χ1n) is 7.64. The molecule has 0 spiro atoms. The van der Waals surface area contributed by atoms with Crippen molar-refractivity contribution in [2.45, 2.75) is 20.0 Å². The van der Waals surface area contributed by atoms with Crippen LogP contribution in [0, 0.1) is 5.82 Å². The van der Waals surface area contributed by atoms with Crippen LogP contribution in [0.2, 0.25) is 5.02 Å². The van der Waals surface area contributed by atoms with Crippen LogP contribution in [0.25, 0.3) is 11.4 Å². The van der Waals surface area contributed by atoms with E-state index in [0.717, 1.165) is 4.68 Å². The minimum atomic E-state index is -0.476. The van der Waals surface area contributed by atoms with Crippen molar-refractivity contribution in [3.05, 3.63) is 64.9 Å². The molecule has 0 saturated heterocycles. The van der Waals surface area contributed by atoms with Gasteiger partial charge in [0.15, 0.2) is 5.82 Å². The van der Waals surface area contributed by atoms with Crippen LogP contribution in [0.1, 0.15) is 24.2 Å². The van der Waals surface area contributed by atoms with Crippen molar-refractivity contribution in [1.29, 1.82) is 0 Å². The Morgan fingerprint density at radius 1 is 1.20 bits per heavy atom. The quantitative estimate of drug-likeness (QED) is 0.700. The van der Waals surface area contributed by atoms with Gasteiger partial charge in [0.05, 0.1) is 16.7 Å². The average molecular weight is 360 g/mol. The van der Waals surface area contributed by atoms with Crippen molar-refractivity contribution in [3.63, 3.8) is 0 Å². The van der Waals surface area contributed by atoms with E-state index in [1.54, 1.807) is 30.3 Å². The second-order valence-corrected chi connectivity index (χ2v) is 6.00. The van der Waals surface area contributed by atoms with Crippen LogP contribution in [0.4, 0.5) is 4.39 Å². The molecule has 7 heteroatoms. The number of ether oxygens (including phenoxy) is 1. The summed E-state index contributed by atoms with van der Waals surface area (Å²) in [7, 11) is 0. The molecule has 1 heterocycles. The van der Waals surface area contributed by atoms with E-state index < -0.39 is 11.7 Å². The lowest BCUT2D eigenvalue weighted by atomic mass is 10.2. The Balaban J connectivity index is 2.12. The maximum atomic E-state index is 13.6. The summed E-state index contributed by atoms with van der Waals surface area (Å²) in [5, 5.41) is 4.42. The van der Waals surface area contributed by atoms with E-state index in [4.69, 9.17) is 16.3 Å². The summed E-state index contributed by atoms with van der Waals surface area (Å²) >= 11 is 6.11. The van der Waals surface area contributed by atoms with E-state index in [2.05, 4.69) is 10.1 Å². The zero-order valence-corrected chi connectivity index (χ0v) is 14.4. The minimum absolute atomic E-state index is 0.0367. The highest BCUT2D eigenvalue weighted by molar-refractivity contribution is 6.33. The molecule has 0 atom stereocenters. The molecule has 2 aromatic carbocycles. The number of hydrogen-bond acceptors (Lipinski definition) is 4. The topological polar surface area (TPSA) is 57.0 Å². The van der Waals surface area contributed by atoms with Gasteiger partial charge in [0, 0.05) is 5.56 Å². The second kappa shape index (κ2) is 7.03. The highest BCUT2D eigenvalue weighted by Gasteiger charge is 2.22. The molecule has 1 aromatic heterocycles. The summed E-state index contributed by atoms with van der Waals surface area (Å²) in [6.07, 6.45) is -0.174. The van der Waals surface area contributed by atoms with Gasteiger partial charge in [0.1, 0.15) is 5.82 Å². The Hall–Kier alpha value is -2.73. The Morgan fingerprint density at radius 3 is 2.64 bits per heavy atom. The fourth-order valence-electron chi connectivity index (χ4n) is 2.26. The largest absolute Gasteiger partial charge is 0.460 e. The van der Waals surface area contributed by atoms with E-state index >= 15 is 0 Å². The van der Waals surface area contributed by atoms with E-state index in [1.807, 2.05) is 13.8 Å². The molecule has 0 aliphatic carbocycles. The molecule has 0 bridgehead atoms. The van der Waals surface area contributed by atoms with Gasteiger partial charge in [-0.3, -0.25) is 4.79 Å². The van der Waals surface area contributed by atoms with Crippen LogP contribution in [0.3, 0.4) is 0 Å². The third-order valence-corrected chi connectivity index (χ3v) is 3.64. The molecule has 0 radical (unpaired) electrons. The molecule has 0 amide bonds. The van der Waals surface area contributed by atoms with Crippen LogP contribution in [0.15, 0.2) is 48.5 Å². The highest BCUT2D eigenvalue weighted by Crippen LogP contribution is 2.24. The Labute approximate surface area is 149 Å². The smallest absolute Gasteiger partial charge is 0.336 e. The molecule has 3 aromatic rings. The molecular weight excluding hydrogens is 345 g/mol. The highest BCUT2D eigenvalue weighted by atomic mass is 35.5. The zero-order valence-electron chi connectivity index (χ0n) is 13.6. The predicted octanol–water partition coefficient (Wildman–Crippen LogP) is 4.21. The van der Waals surface area contributed by atoms with Gasteiger partial charge in [-0.2, -0.15) is 9.67 Å². The number of halogens is 2. The van der Waals surface area contributed by atoms with Crippen LogP contribution >= 0.6 is 11.6 Å². The zero-order chi connectivity index (χ0) is 18.0. The molecule has 3 rings (SSSR count). The first-order chi connectivity index (χ1) is 12.0. The van der Waals surface area contributed by atoms with Crippen molar-refractivity contribution >= 4 is 17.5 Å². The lowest BCUT2D eigenvalue weighted by Gasteiger charge is -2.06. The molecule has 128 valence electrons. The molecule has 0 N–H and O–H groups in total. The van der Waals surface area contributed by atoms with Crippen LogP contribution in [-0.2, 0) is 0 Å². The summed E-state index contributed by atoms with van der Waals surface area (Å²) in [4.78, 5) is 17.1. The summed E-state index contributed by atoms with van der Waals surface area (Å²) in [5.74, 6) is -0.736. The normalized spacial score (nSPS) is 10.9. The molecule has 5 nitrogen and oxygen atoms in total. The standard InChI is InChI=1S/C18H15ClFN3O2/c1-11(2)25-18-21-16(12-6-5-7-13(20)10-12)23(22-18)17(24)14-8-3-4-9-15(14)19/h3-11H,1-2H3. The number of carbonyl (C=O) groups is 1. The lowest BCUT2D eigenvalue weighted by molar-refractivity contribution is 0.0943. The third-order valence-electron chi connectivity index (χ3n) is 3.31. The van der Waals surface area contributed by atoms with Crippen molar-refractivity contribution < 1.29 is 13.9 Å². The minimum Gasteiger partial charge on any atom is -0.460 e. The Kier molecular flexibility index (Phi) is 4.81. The van der Waals surface area contributed by atoms with Gasteiger partial charge in [0.2, 0.25) is 0 Å². The third kappa shape index (κ3) is 3.69. The summed E-state index contributed by atoms with van der Waals surface area (Å²) in [6.45, 7) is 3.64. The average Bonchev–Trinajstić information content (AvgIpc) is 2.98. The number of hydrogen-bond donors (Lipinski definition) is 0. The number of rotatable bonds is 4.